The molecule has 1 N–H and O–H groups in total. The highest BCUT2D eigenvalue weighted by atomic mass is 19.4. The van der Waals surface area contributed by atoms with Crippen molar-refractivity contribution in [2.24, 2.45) is 0 Å². The predicted octanol–water partition coefficient (Wildman–Crippen LogP) is 2.34. The van der Waals surface area contributed by atoms with E-state index in [4.69, 9.17) is 4.42 Å². The summed E-state index contributed by atoms with van der Waals surface area (Å²) in [6.45, 7) is 5.19. The van der Waals surface area contributed by atoms with Gasteiger partial charge < -0.3 is 14.6 Å². The summed E-state index contributed by atoms with van der Waals surface area (Å²) >= 11 is 0. The summed E-state index contributed by atoms with van der Waals surface area (Å²) < 4.78 is 43.1. The van der Waals surface area contributed by atoms with Crippen molar-refractivity contribution >= 4 is 5.91 Å². The summed E-state index contributed by atoms with van der Waals surface area (Å²) in [6.07, 6.45) is -3.19. The standard InChI is InChI=1S/C18H21F3N4O2/c1-24-8-10-25(11-9-24)7-6-22-16(26)15-12-27-17(23-15)13-2-4-14(5-3-13)18(19,20)21/h2-5,12H,6-11H2,1H3,(H,22,26). The van der Waals surface area contributed by atoms with Crippen LogP contribution in [0.15, 0.2) is 34.9 Å². The molecule has 27 heavy (non-hydrogen) atoms. The minimum absolute atomic E-state index is 0.100. The summed E-state index contributed by atoms with van der Waals surface area (Å²) in [4.78, 5) is 20.8. The molecular formula is C18H21F3N4O2. The molecule has 3 rings (SSSR count). The molecule has 2 aromatic rings. The van der Waals surface area contributed by atoms with E-state index in [9.17, 15) is 18.0 Å². The van der Waals surface area contributed by atoms with E-state index in [1.165, 1.54) is 18.4 Å². The lowest BCUT2D eigenvalue weighted by molar-refractivity contribution is -0.137. The van der Waals surface area contributed by atoms with Crippen LogP contribution in [0.3, 0.4) is 0 Å². The van der Waals surface area contributed by atoms with Crippen molar-refractivity contribution in [2.75, 3.05) is 46.3 Å². The molecule has 0 bridgehead atoms. The van der Waals surface area contributed by atoms with Crippen LogP contribution in [0.4, 0.5) is 13.2 Å². The Hall–Kier alpha value is -2.39. The Kier molecular flexibility index (Phi) is 5.81. The number of oxazole rings is 1. The average Bonchev–Trinajstić information content (AvgIpc) is 3.13. The summed E-state index contributed by atoms with van der Waals surface area (Å²) in [6, 6.07) is 4.44. The number of halogens is 3. The Bertz CT molecular complexity index is 766. The quantitative estimate of drug-likeness (QED) is 0.860. The number of hydrogen-bond donors (Lipinski definition) is 1. The zero-order chi connectivity index (χ0) is 19.4. The molecule has 0 atom stereocenters. The number of nitrogens with one attached hydrogen (secondary N) is 1. The first-order valence-electron chi connectivity index (χ1n) is 8.65. The second-order valence-corrected chi connectivity index (χ2v) is 6.51. The third kappa shape index (κ3) is 5.08. The topological polar surface area (TPSA) is 61.6 Å². The normalized spacial score (nSPS) is 16.4. The van der Waals surface area contributed by atoms with Gasteiger partial charge in [-0.15, -0.1) is 0 Å². The van der Waals surface area contributed by atoms with E-state index in [0.29, 0.717) is 12.1 Å². The molecule has 1 aromatic heterocycles. The van der Waals surface area contributed by atoms with Gasteiger partial charge in [0.2, 0.25) is 5.89 Å². The number of hydrogen-bond acceptors (Lipinski definition) is 5. The van der Waals surface area contributed by atoms with Crippen molar-refractivity contribution in [1.29, 1.82) is 0 Å². The Morgan fingerprint density at radius 1 is 1.19 bits per heavy atom. The van der Waals surface area contributed by atoms with Gasteiger partial charge in [-0.3, -0.25) is 9.69 Å². The van der Waals surface area contributed by atoms with E-state index >= 15 is 0 Å². The zero-order valence-corrected chi connectivity index (χ0v) is 14.9. The molecule has 1 fully saturated rings. The van der Waals surface area contributed by atoms with Crippen LogP contribution in [0.5, 0.6) is 0 Å². The van der Waals surface area contributed by atoms with E-state index in [0.717, 1.165) is 44.9 Å². The van der Waals surface area contributed by atoms with Gasteiger partial charge in [0, 0.05) is 44.8 Å². The summed E-state index contributed by atoms with van der Waals surface area (Å²) in [7, 11) is 2.08. The monoisotopic (exact) mass is 382 g/mol. The number of carbonyl (C=O) groups is 1. The maximum absolute atomic E-state index is 12.6. The van der Waals surface area contributed by atoms with Gasteiger partial charge in [0.15, 0.2) is 5.69 Å². The van der Waals surface area contributed by atoms with Gasteiger partial charge in [-0.05, 0) is 31.3 Å². The Balaban J connectivity index is 1.53. The number of amides is 1. The summed E-state index contributed by atoms with van der Waals surface area (Å²) in [5.74, 6) is -0.265. The largest absolute Gasteiger partial charge is 0.444 e. The van der Waals surface area contributed by atoms with Crippen LogP contribution in [0.1, 0.15) is 16.1 Å². The lowest BCUT2D eigenvalue weighted by Gasteiger charge is -2.32. The molecule has 0 radical (unpaired) electrons. The predicted molar refractivity (Wildman–Crippen MR) is 93.2 cm³/mol. The first kappa shape index (κ1) is 19.4. The molecule has 146 valence electrons. The number of benzene rings is 1. The molecule has 0 aliphatic carbocycles. The number of aromatic nitrogens is 1. The Labute approximate surface area is 155 Å². The molecule has 0 unspecified atom stereocenters. The second kappa shape index (κ2) is 8.10. The fraction of sp³-hybridized carbons (Fsp3) is 0.444. The second-order valence-electron chi connectivity index (χ2n) is 6.51. The van der Waals surface area contributed by atoms with Crippen LogP contribution >= 0.6 is 0 Å². The Morgan fingerprint density at radius 3 is 2.48 bits per heavy atom. The number of likely N-dealkylation sites (N-methyl/N-ethyl adjacent to an activating group) is 1. The van der Waals surface area contributed by atoms with Crippen molar-refractivity contribution < 1.29 is 22.4 Å². The van der Waals surface area contributed by atoms with Crippen molar-refractivity contribution in [3.63, 3.8) is 0 Å². The van der Waals surface area contributed by atoms with Gasteiger partial charge in [0.05, 0.1) is 5.56 Å². The van der Waals surface area contributed by atoms with E-state index < -0.39 is 11.7 Å². The molecule has 0 saturated carbocycles. The Morgan fingerprint density at radius 2 is 1.85 bits per heavy atom. The maximum Gasteiger partial charge on any atom is 0.416 e. The molecule has 1 aliphatic heterocycles. The number of rotatable bonds is 5. The van der Waals surface area contributed by atoms with Crippen LogP contribution in [-0.4, -0.2) is 67.0 Å². The first-order valence-corrected chi connectivity index (χ1v) is 8.65. The van der Waals surface area contributed by atoms with Crippen molar-refractivity contribution in [1.82, 2.24) is 20.1 Å². The lowest BCUT2D eigenvalue weighted by atomic mass is 10.1. The van der Waals surface area contributed by atoms with Gasteiger partial charge in [-0.2, -0.15) is 13.2 Å². The van der Waals surface area contributed by atoms with Crippen molar-refractivity contribution in [3.8, 4) is 11.5 Å². The third-order valence-corrected chi connectivity index (χ3v) is 4.51. The maximum atomic E-state index is 12.6. The SMILES string of the molecule is CN1CCN(CCNC(=O)c2coc(-c3ccc(C(F)(F)F)cc3)n2)CC1. The third-order valence-electron chi connectivity index (χ3n) is 4.51. The van der Waals surface area contributed by atoms with Crippen LogP contribution in [0, 0.1) is 0 Å². The fourth-order valence-corrected chi connectivity index (χ4v) is 2.80. The number of alkyl halides is 3. The number of piperazine rings is 1. The van der Waals surface area contributed by atoms with Gasteiger partial charge in [0.25, 0.3) is 5.91 Å². The number of nitrogens with zero attached hydrogens (tertiary/aromatic N) is 3. The van der Waals surface area contributed by atoms with Crippen LogP contribution in [0.25, 0.3) is 11.5 Å². The van der Waals surface area contributed by atoms with Crippen molar-refractivity contribution in [2.45, 2.75) is 6.18 Å². The lowest BCUT2D eigenvalue weighted by Crippen LogP contribution is -2.46. The number of carbonyl (C=O) groups excluding carboxylic acids is 1. The van der Waals surface area contributed by atoms with Crippen molar-refractivity contribution in [3.05, 3.63) is 41.8 Å². The highest BCUT2D eigenvalue weighted by Gasteiger charge is 2.30. The van der Waals surface area contributed by atoms with Gasteiger partial charge >= 0.3 is 6.18 Å². The van der Waals surface area contributed by atoms with Gasteiger partial charge in [-0.1, -0.05) is 0 Å². The molecule has 9 heteroatoms. The molecular weight excluding hydrogens is 361 g/mol. The van der Waals surface area contributed by atoms with Gasteiger partial charge in [0.1, 0.15) is 6.26 Å². The van der Waals surface area contributed by atoms with E-state index in [1.807, 2.05) is 0 Å². The summed E-state index contributed by atoms with van der Waals surface area (Å²) in [5, 5.41) is 2.79. The van der Waals surface area contributed by atoms with Gasteiger partial charge in [-0.25, -0.2) is 4.98 Å². The molecule has 1 saturated heterocycles. The van der Waals surface area contributed by atoms with E-state index in [1.54, 1.807) is 0 Å². The zero-order valence-electron chi connectivity index (χ0n) is 14.9. The molecule has 1 amide bonds. The van der Waals surface area contributed by atoms with Crippen LogP contribution < -0.4 is 5.32 Å². The highest BCUT2D eigenvalue weighted by Crippen LogP contribution is 2.30. The molecule has 1 aromatic carbocycles. The highest BCUT2D eigenvalue weighted by molar-refractivity contribution is 5.92. The smallest absolute Gasteiger partial charge is 0.416 e. The summed E-state index contributed by atoms with van der Waals surface area (Å²) in [5.41, 5.74) is -0.276. The van der Waals surface area contributed by atoms with Crippen LogP contribution in [-0.2, 0) is 6.18 Å². The minimum Gasteiger partial charge on any atom is -0.444 e. The fourth-order valence-electron chi connectivity index (χ4n) is 2.80. The minimum atomic E-state index is -4.40. The first-order chi connectivity index (χ1) is 12.8. The van der Waals surface area contributed by atoms with E-state index in [2.05, 4.69) is 27.1 Å². The molecule has 6 nitrogen and oxygen atoms in total. The molecule has 0 spiro atoms. The van der Waals surface area contributed by atoms with Crippen LogP contribution in [0.2, 0.25) is 0 Å². The molecule has 2 heterocycles. The van der Waals surface area contributed by atoms with E-state index in [-0.39, 0.29) is 17.5 Å². The average molecular weight is 382 g/mol. The molecule has 1 aliphatic rings.